The first kappa shape index (κ1) is 19.0. The molecule has 0 atom stereocenters. The van der Waals surface area contributed by atoms with E-state index >= 15 is 0 Å². The van der Waals surface area contributed by atoms with Crippen molar-refractivity contribution < 1.29 is 0 Å². The van der Waals surface area contributed by atoms with E-state index in [0.717, 1.165) is 0 Å². The summed E-state index contributed by atoms with van der Waals surface area (Å²) in [6, 6.07) is 0. The number of hydrogen-bond acceptors (Lipinski definition) is 2. The van der Waals surface area contributed by atoms with Crippen LogP contribution in [0.3, 0.4) is 0 Å². The molecule has 0 radical (unpaired) electrons. The zero-order valence-electron chi connectivity index (χ0n) is 14.7. The second kappa shape index (κ2) is 14.8. The summed E-state index contributed by atoms with van der Waals surface area (Å²) in [4.78, 5) is 0. The predicted molar refractivity (Wildman–Crippen MR) is 94.5 cm³/mol. The Balaban J connectivity index is 1.61. The average molecular weight is 297 g/mol. The van der Waals surface area contributed by atoms with E-state index in [1.807, 2.05) is 0 Å². The van der Waals surface area contributed by atoms with Gasteiger partial charge in [0.1, 0.15) is 0 Å². The van der Waals surface area contributed by atoms with Crippen LogP contribution in [0.1, 0.15) is 103 Å². The molecule has 0 aliphatic carbocycles. The van der Waals surface area contributed by atoms with Gasteiger partial charge in [-0.1, -0.05) is 90.4 Å². The zero-order valence-corrected chi connectivity index (χ0v) is 14.7. The third kappa shape index (κ3) is 12.2. The molecule has 1 saturated heterocycles. The third-order valence-electron chi connectivity index (χ3n) is 4.72. The Hall–Kier alpha value is -0.0800. The second-order valence-electron chi connectivity index (χ2n) is 6.84. The molecule has 1 rings (SSSR count). The van der Waals surface area contributed by atoms with Crippen molar-refractivity contribution in [3.8, 4) is 0 Å². The maximum Gasteiger partial charge on any atom is 0.0143 e. The molecule has 126 valence electrons. The van der Waals surface area contributed by atoms with E-state index in [1.54, 1.807) is 0 Å². The van der Waals surface area contributed by atoms with Crippen LogP contribution < -0.4 is 5.43 Å². The maximum absolute atomic E-state index is 3.50. The predicted octanol–water partition coefficient (Wildman–Crippen LogP) is 5.68. The van der Waals surface area contributed by atoms with Gasteiger partial charge in [-0.25, -0.2) is 5.01 Å². The Bertz CT molecular complexity index is 202. The van der Waals surface area contributed by atoms with Gasteiger partial charge in [0.05, 0.1) is 0 Å². The van der Waals surface area contributed by atoms with E-state index in [1.165, 1.54) is 116 Å². The first-order chi connectivity index (χ1) is 10.4. The largest absolute Gasteiger partial charge is 0.255 e. The summed E-state index contributed by atoms with van der Waals surface area (Å²) < 4.78 is 0. The average Bonchev–Trinajstić information content (AvgIpc) is 2.45. The lowest BCUT2D eigenvalue weighted by Crippen LogP contribution is -2.47. The molecule has 1 heterocycles. The molecule has 0 aromatic carbocycles. The Morgan fingerprint density at radius 3 is 1.43 bits per heavy atom. The Kier molecular flexibility index (Phi) is 13.4. The summed E-state index contributed by atoms with van der Waals surface area (Å²) in [6.45, 7) is 6.01. The highest BCUT2D eigenvalue weighted by atomic mass is 15.5. The standard InChI is InChI=1S/C19H40N2/c1-2-3-4-5-6-7-8-9-10-11-12-13-14-15-17-20-21-18-16-19-21/h20H,2-19H2,1H3. The van der Waals surface area contributed by atoms with E-state index in [-0.39, 0.29) is 0 Å². The first-order valence-corrected chi connectivity index (χ1v) is 9.92. The molecule has 0 unspecified atom stereocenters. The summed E-state index contributed by atoms with van der Waals surface area (Å²) in [7, 11) is 0. The fourth-order valence-electron chi connectivity index (χ4n) is 3.03. The van der Waals surface area contributed by atoms with Gasteiger partial charge < -0.3 is 0 Å². The minimum Gasteiger partial charge on any atom is -0.255 e. The molecule has 1 aliphatic heterocycles. The fourth-order valence-corrected chi connectivity index (χ4v) is 3.03. The fraction of sp³-hybridized carbons (Fsp3) is 1.00. The minimum absolute atomic E-state index is 1.19. The molecule has 1 fully saturated rings. The van der Waals surface area contributed by atoms with Crippen molar-refractivity contribution in [3.05, 3.63) is 0 Å². The highest BCUT2D eigenvalue weighted by Gasteiger charge is 2.11. The van der Waals surface area contributed by atoms with Gasteiger partial charge in [0, 0.05) is 19.6 Å². The smallest absolute Gasteiger partial charge is 0.0143 e. The van der Waals surface area contributed by atoms with Crippen LogP contribution in [0, 0.1) is 0 Å². The van der Waals surface area contributed by atoms with Crippen molar-refractivity contribution in [1.82, 2.24) is 10.4 Å². The lowest BCUT2D eigenvalue weighted by atomic mass is 10.0. The lowest BCUT2D eigenvalue weighted by Gasteiger charge is -2.31. The van der Waals surface area contributed by atoms with Gasteiger partial charge in [-0.2, -0.15) is 0 Å². The highest BCUT2D eigenvalue weighted by molar-refractivity contribution is 4.63. The molecular formula is C19H40N2. The SMILES string of the molecule is CCCCCCCCCCCCCCCCNN1CCC1. The molecular weight excluding hydrogens is 256 g/mol. The number of hydrogen-bond donors (Lipinski definition) is 1. The molecule has 0 aromatic heterocycles. The molecule has 2 heteroatoms. The monoisotopic (exact) mass is 296 g/mol. The van der Waals surface area contributed by atoms with Gasteiger partial charge >= 0.3 is 0 Å². The van der Waals surface area contributed by atoms with Gasteiger partial charge in [0.15, 0.2) is 0 Å². The van der Waals surface area contributed by atoms with Crippen LogP contribution in [0.2, 0.25) is 0 Å². The maximum atomic E-state index is 3.50. The first-order valence-electron chi connectivity index (χ1n) is 9.92. The van der Waals surface area contributed by atoms with Crippen LogP contribution in [-0.2, 0) is 0 Å². The number of hydrazine groups is 1. The lowest BCUT2D eigenvalue weighted by molar-refractivity contribution is 0.108. The molecule has 0 spiro atoms. The van der Waals surface area contributed by atoms with Crippen molar-refractivity contribution in [2.75, 3.05) is 19.6 Å². The van der Waals surface area contributed by atoms with Gasteiger partial charge in [-0.3, -0.25) is 5.43 Å². The van der Waals surface area contributed by atoms with E-state index in [0.29, 0.717) is 0 Å². The van der Waals surface area contributed by atoms with Crippen molar-refractivity contribution in [1.29, 1.82) is 0 Å². The van der Waals surface area contributed by atoms with Crippen molar-refractivity contribution in [2.24, 2.45) is 0 Å². The highest BCUT2D eigenvalue weighted by Crippen LogP contribution is 2.12. The van der Waals surface area contributed by atoms with Crippen LogP contribution in [0.4, 0.5) is 0 Å². The van der Waals surface area contributed by atoms with Crippen LogP contribution in [0.5, 0.6) is 0 Å². The number of nitrogens with one attached hydrogen (secondary N) is 1. The van der Waals surface area contributed by atoms with Crippen molar-refractivity contribution in [2.45, 2.75) is 103 Å². The molecule has 0 saturated carbocycles. The van der Waals surface area contributed by atoms with Crippen molar-refractivity contribution >= 4 is 0 Å². The quantitative estimate of drug-likeness (QED) is 0.369. The Labute approximate surface area is 134 Å². The Morgan fingerprint density at radius 2 is 1.05 bits per heavy atom. The van der Waals surface area contributed by atoms with Crippen LogP contribution in [0.25, 0.3) is 0 Å². The van der Waals surface area contributed by atoms with Crippen molar-refractivity contribution in [3.63, 3.8) is 0 Å². The number of nitrogens with zero attached hydrogens (tertiary/aromatic N) is 1. The summed E-state index contributed by atoms with van der Waals surface area (Å²) >= 11 is 0. The normalized spacial score (nSPS) is 15.3. The summed E-state index contributed by atoms with van der Waals surface area (Å²) in [5, 5.41) is 2.35. The molecule has 21 heavy (non-hydrogen) atoms. The van der Waals surface area contributed by atoms with Gasteiger partial charge in [-0.05, 0) is 12.8 Å². The van der Waals surface area contributed by atoms with Crippen LogP contribution in [-0.4, -0.2) is 24.6 Å². The molecule has 0 aromatic rings. The van der Waals surface area contributed by atoms with Crippen LogP contribution in [0.15, 0.2) is 0 Å². The molecule has 2 nitrogen and oxygen atoms in total. The topological polar surface area (TPSA) is 15.3 Å². The van der Waals surface area contributed by atoms with E-state index < -0.39 is 0 Å². The Morgan fingerprint density at radius 1 is 0.619 bits per heavy atom. The third-order valence-corrected chi connectivity index (χ3v) is 4.72. The van der Waals surface area contributed by atoms with Crippen LogP contribution >= 0.6 is 0 Å². The van der Waals surface area contributed by atoms with E-state index in [2.05, 4.69) is 17.4 Å². The summed E-state index contributed by atoms with van der Waals surface area (Å²) in [6.07, 6.45) is 21.6. The molecule has 0 bridgehead atoms. The molecule has 0 amide bonds. The molecule has 1 aliphatic rings. The van der Waals surface area contributed by atoms with E-state index in [9.17, 15) is 0 Å². The second-order valence-corrected chi connectivity index (χ2v) is 6.84. The minimum atomic E-state index is 1.19. The summed E-state index contributed by atoms with van der Waals surface area (Å²) in [5.74, 6) is 0. The van der Waals surface area contributed by atoms with Gasteiger partial charge in [-0.15, -0.1) is 0 Å². The summed E-state index contributed by atoms with van der Waals surface area (Å²) in [5.41, 5.74) is 3.50. The zero-order chi connectivity index (χ0) is 15.0. The number of rotatable bonds is 16. The molecule has 1 N–H and O–H groups in total. The number of unbranched alkanes of at least 4 members (excludes halogenated alkanes) is 13. The van der Waals surface area contributed by atoms with Gasteiger partial charge in [0.2, 0.25) is 0 Å². The van der Waals surface area contributed by atoms with E-state index in [4.69, 9.17) is 0 Å². The van der Waals surface area contributed by atoms with Gasteiger partial charge in [0.25, 0.3) is 0 Å².